The van der Waals surface area contributed by atoms with Gasteiger partial charge in [-0.1, -0.05) is 104 Å². The largest absolute Gasteiger partial charge is 0.396 e. The Kier molecular flexibility index (Phi) is 20.3. The molecule has 0 fully saturated rings. The Morgan fingerprint density at radius 1 is 0.769 bits per heavy atom. The SMILES string of the molecule is CCCCCCC(C)CCCCCCCCCCCNC(=O)CCCO. The van der Waals surface area contributed by atoms with Crippen LogP contribution < -0.4 is 5.32 Å². The third-order valence-electron chi connectivity index (χ3n) is 5.31. The lowest BCUT2D eigenvalue weighted by Crippen LogP contribution is -2.24. The number of hydrogen-bond acceptors (Lipinski definition) is 2. The molecule has 0 aliphatic heterocycles. The predicted molar refractivity (Wildman–Crippen MR) is 113 cm³/mol. The second-order valence-corrected chi connectivity index (χ2v) is 8.10. The van der Waals surface area contributed by atoms with Crippen LogP contribution in [-0.4, -0.2) is 24.2 Å². The zero-order chi connectivity index (χ0) is 19.3. The average Bonchev–Trinajstić information content (AvgIpc) is 2.64. The Balaban J connectivity index is 3.16. The zero-order valence-electron chi connectivity index (χ0n) is 17.9. The fourth-order valence-electron chi connectivity index (χ4n) is 3.47. The van der Waals surface area contributed by atoms with Gasteiger partial charge in [0.2, 0.25) is 5.91 Å². The maximum atomic E-state index is 11.4. The van der Waals surface area contributed by atoms with Crippen molar-refractivity contribution in [3.05, 3.63) is 0 Å². The van der Waals surface area contributed by atoms with E-state index in [4.69, 9.17) is 5.11 Å². The number of carbonyl (C=O) groups is 1. The van der Waals surface area contributed by atoms with E-state index >= 15 is 0 Å². The number of hydrogen-bond donors (Lipinski definition) is 2. The van der Waals surface area contributed by atoms with Crippen LogP contribution in [-0.2, 0) is 4.79 Å². The standard InChI is InChI=1S/C23H47NO2/c1-3-4-5-13-17-22(2)18-14-11-9-7-6-8-10-12-15-20-24-23(26)19-16-21-25/h22,25H,3-21H2,1-2H3,(H,24,26). The summed E-state index contributed by atoms with van der Waals surface area (Å²) >= 11 is 0. The van der Waals surface area contributed by atoms with Gasteiger partial charge in [-0.3, -0.25) is 4.79 Å². The molecule has 26 heavy (non-hydrogen) atoms. The second-order valence-electron chi connectivity index (χ2n) is 8.10. The lowest BCUT2D eigenvalue weighted by molar-refractivity contribution is -0.121. The quantitative estimate of drug-likeness (QED) is 0.244. The molecule has 0 heterocycles. The van der Waals surface area contributed by atoms with Gasteiger partial charge >= 0.3 is 0 Å². The topological polar surface area (TPSA) is 49.3 Å². The first kappa shape index (κ1) is 25.4. The molecule has 1 unspecified atom stereocenters. The lowest BCUT2D eigenvalue weighted by Gasteiger charge is -2.10. The van der Waals surface area contributed by atoms with Crippen LogP contribution in [0.5, 0.6) is 0 Å². The average molecular weight is 370 g/mol. The van der Waals surface area contributed by atoms with Gasteiger partial charge in [0.1, 0.15) is 0 Å². The summed E-state index contributed by atoms with van der Waals surface area (Å²) in [5.74, 6) is 1.00. The highest BCUT2D eigenvalue weighted by Gasteiger charge is 2.02. The second kappa shape index (κ2) is 20.7. The Labute approximate surface area is 163 Å². The van der Waals surface area contributed by atoms with E-state index in [1.54, 1.807) is 0 Å². The van der Waals surface area contributed by atoms with E-state index in [9.17, 15) is 4.79 Å². The van der Waals surface area contributed by atoms with Crippen LogP contribution in [0.15, 0.2) is 0 Å². The minimum absolute atomic E-state index is 0.0781. The number of amides is 1. The molecule has 3 nitrogen and oxygen atoms in total. The maximum Gasteiger partial charge on any atom is 0.220 e. The minimum atomic E-state index is 0.0781. The molecule has 0 bridgehead atoms. The van der Waals surface area contributed by atoms with Gasteiger partial charge < -0.3 is 10.4 Å². The molecule has 0 aromatic rings. The van der Waals surface area contributed by atoms with Crippen LogP contribution in [0.4, 0.5) is 0 Å². The molecule has 3 heteroatoms. The first-order valence-electron chi connectivity index (χ1n) is 11.6. The Bertz CT molecular complexity index is 294. The molecule has 0 spiro atoms. The van der Waals surface area contributed by atoms with Crippen molar-refractivity contribution in [2.24, 2.45) is 5.92 Å². The molecule has 1 atom stereocenters. The van der Waals surface area contributed by atoms with Gasteiger partial charge in [-0.05, 0) is 18.8 Å². The van der Waals surface area contributed by atoms with Crippen LogP contribution in [0.1, 0.15) is 123 Å². The van der Waals surface area contributed by atoms with Gasteiger partial charge in [0.25, 0.3) is 0 Å². The minimum Gasteiger partial charge on any atom is -0.396 e. The smallest absolute Gasteiger partial charge is 0.220 e. The summed E-state index contributed by atoms with van der Waals surface area (Å²) in [6, 6.07) is 0. The van der Waals surface area contributed by atoms with Crippen LogP contribution in [0.3, 0.4) is 0 Å². The van der Waals surface area contributed by atoms with Crippen molar-refractivity contribution in [2.45, 2.75) is 123 Å². The van der Waals surface area contributed by atoms with E-state index in [1.807, 2.05) is 0 Å². The first-order chi connectivity index (χ1) is 12.7. The highest BCUT2D eigenvalue weighted by Crippen LogP contribution is 2.18. The normalized spacial score (nSPS) is 12.3. The fourth-order valence-corrected chi connectivity index (χ4v) is 3.47. The summed E-state index contributed by atoms with van der Waals surface area (Å²) in [5.41, 5.74) is 0. The number of unbranched alkanes of at least 4 members (excludes halogenated alkanes) is 11. The van der Waals surface area contributed by atoms with E-state index < -0.39 is 0 Å². The third kappa shape index (κ3) is 19.8. The number of carbonyl (C=O) groups excluding carboxylic acids is 1. The predicted octanol–water partition coefficient (Wildman–Crippen LogP) is 6.38. The molecule has 0 aromatic heterocycles. The van der Waals surface area contributed by atoms with Gasteiger partial charge in [-0.15, -0.1) is 0 Å². The molecule has 0 saturated carbocycles. The lowest BCUT2D eigenvalue weighted by atomic mass is 9.96. The summed E-state index contributed by atoms with van der Waals surface area (Å²) in [4.78, 5) is 11.4. The van der Waals surface area contributed by atoms with Crippen LogP contribution in [0.25, 0.3) is 0 Å². The van der Waals surface area contributed by atoms with Crippen molar-refractivity contribution in [3.63, 3.8) is 0 Å². The van der Waals surface area contributed by atoms with Crippen LogP contribution in [0, 0.1) is 5.92 Å². The van der Waals surface area contributed by atoms with Crippen molar-refractivity contribution in [2.75, 3.05) is 13.2 Å². The monoisotopic (exact) mass is 369 g/mol. The van der Waals surface area contributed by atoms with Gasteiger partial charge in [0, 0.05) is 19.6 Å². The summed E-state index contributed by atoms with van der Waals surface area (Å²) in [5, 5.41) is 11.6. The molecule has 0 radical (unpaired) electrons. The molecule has 0 aliphatic rings. The maximum absolute atomic E-state index is 11.4. The van der Waals surface area contributed by atoms with Crippen molar-refractivity contribution in [3.8, 4) is 0 Å². The van der Waals surface area contributed by atoms with Crippen LogP contribution in [0.2, 0.25) is 0 Å². The van der Waals surface area contributed by atoms with Crippen molar-refractivity contribution < 1.29 is 9.90 Å². The first-order valence-corrected chi connectivity index (χ1v) is 11.6. The number of nitrogens with one attached hydrogen (secondary N) is 1. The molecule has 0 aliphatic carbocycles. The summed E-state index contributed by atoms with van der Waals surface area (Å²) in [6.07, 6.45) is 21.4. The Hall–Kier alpha value is -0.570. The molecule has 0 saturated heterocycles. The molecule has 2 N–H and O–H groups in total. The zero-order valence-corrected chi connectivity index (χ0v) is 17.9. The van der Waals surface area contributed by atoms with Gasteiger partial charge in [0.05, 0.1) is 0 Å². The molecule has 0 aromatic carbocycles. The highest BCUT2D eigenvalue weighted by atomic mass is 16.3. The van der Waals surface area contributed by atoms with Crippen LogP contribution >= 0.6 is 0 Å². The Morgan fingerprint density at radius 2 is 1.27 bits per heavy atom. The summed E-state index contributed by atoms with van der Waals surface area (Å²) in [7, 11) is 0. The molecular weight excluding hydrogens is 322 g/mol. The molecule has 1 amide bonds. The Morgan fingerprint density at radius 3 is 1.81 bits per heavy atom. The van der Waals surface area contributed by atoms with E-state index in [2.05, 4.69) is 19.2 Å². The third-order valence-corrected chi connectivity index (χ3v) is 5.31. The highest BCUT2D eigenvalue weighted by molar-refractivity contribution is 5.75. The molecule has 0 rings (SSSR count). The van der Waals surface area contributed by atoms with E-state index in [-0.39, 0.29) is 12.5 Å². The van der Waals surface area contributed by atoms with Gasteiger partial charge in [-0.2, -0.15) is 0 Å². The van der Waals surface area contributed by atoms with Crippen molar-refractivity contribution >= 4 is 5.91 Å². The van der Waals surface area contributed by atoms with Gasteiger partial charge in [0.15, 0.2) is 0 Å². The molecular formula is C23H47NO2. The summed E-state index contributed by atoms with van der Waals surface area (Å²) in [6.45, 7) is 5.61. The molecule has 156 valence electrons. The van der Waals surface area contributed by atoms with E-state index in [0.29, 0.717) is 12.8 Å². The fraction of sp³-hybridized carbons (Fsp3) is 0.957. The van der Waals surface area contributed by atoms with Crippen molar-refractivity contribution in [1.29, 1.82) is 0 Å². The van der Waals surface area contributed by atoms with Crippen molar-refractivity contribution in [1.82, 2.24) is 5.32 Å². The number of aliphatic hydroxyl groups excluding tert-OH is 1. The number of rotatable bonds is 20. The van der Waals surface area contributed by atoms with Gasteiger partial charge in [-0.25, -0.2) is 0 Å². The van der Waals surface area contributed by atoms with E-state index in [1.165, 1.54) is 89.9 Å². The van der Waals surface area contributed by atoms with E-state index in [0.717, 1.165) is 18.9 Å². The summed E-state index contributed by atoms with van der Waals surface area (Å²) < 4.78 is 0. The number of aliphatic hydroxyl groups is 1.